The Morgan fingerprint density at radius 1 is 1.13 bits per heavy atom. The fourth-order valence-electron chi connectivity index (χ4n) is 2.23. The van der Waals surface area contributed by atoms with Crippen molar-refractivity contribution in [3.8, 4) is 12.1 Å². The second kappa shape index (κ2) is 6.66. The average molecular weight is 335 g/mol. The average Bonchev–Trinajstić information content (AvgIpc) is 3.11. The quantitative estimate of drug-likeness (QED) is 0.655. The maximum Gasteiger partial charge on any atom is 0.0998 e. The van der Waals surface area contributed by atoms with E-state index in [-0.39, 0.29) is 0 Å². The number of nitrogens with one attached hydrogen (secondary N) is 1. The molecule has 0 saturated carbocycles. The molecule has 0 atom stereocenters. The van der Waals surface area contributed by atoms with Gasteiger partial charge in [-0.1, -0.05) is 12.1 Å². The van der Waals surface area contributed by atoms with E-state index in [1.54, 1.807) is 34.8 Å². The van der Waals surface area contributed by atoms with Crippen LogP contribution in [0.1, 0.15) is 22.9 Å². The van der Waals surface area contributed by atoms with E-state index in [1.807, 2.05) is 18.2 Å². The van der Waals surface area contributed by atoms with Crippen molar-refractivity contribution in [3.63, 3.8) is 0 Å². The third-order valence-corrected chi connectivity index (χ3v) is 5.51. The van der Waals surface area contributed by atoms with Crippen LogP contribution in [0.3, 0.4) is 0 Å². The molecule has 0 aliphatic rings. The zero-order valence-corrected chi connectivity index (χ0v) is 14.1. The highest BCUT2D eigenvalue weighted by Crippen LogP contribution is 2.37. The number of allylic oxidation sites excluding steroid dienone is 1. The number of rotatable bonds is 4. The first kappa shape index (κ1) is 15.3. The molecular formula is C18H13N3S2. The molecule has 5 heteroatoms. The lowest BCUT2D eigenvalue weighted by atomic mass is 10.0. The van der Waals surface area contributed by atoms with Gasteiger partial charge in [-0.15, -0.1) is 22.7 Å². The minimum atomic E-state index is 0.596. The van der Waals surface area contributed by atoms with Gasteiger partial charge in [0.2, 0.25) is 0 Å². The second-order valence-electron chi connectivity index (χ2n) is 4.88. The van der Waals surface area contributed by atoms with Crippen LogP contribution in [-0.4, -0.2) is 6.54 Å². The highest BCUT2D eigenvalue weighted by atomic mass is 32.1. The largest absolute Gasteiger partial charge is 0.377 e. The lowest BCUT2D eigenvalue weighted by Gasteiger charge is -1.98. The van der Waals surface area contributed by atoms with Crippen molar-refractivity contribution in [2.24, 2.45) is 0 Å². The Labute approximate surface area is 142 Å². The van der Waals surface area contributed by atoms with E-state index in [4.69, 9.17) is 5.26 Å². The van der Waals surface area contributed by atoms with Crippen molar-refractivity contribution in [1.82, 2.24) is 0 Å². The summed E-state index contributed by atoms with van der Waals surface area (Å²) in [7, 11) is 0. The normalized spacial score (nSPS) is 11.2. The molecule has 3 aromatic rings. The van der Waals surface area contributed by atoms with E-state index in [1.165, 1.54) is 14.4 Å². The molecule has 2 heterocycles. The molecule has 0 unspecified atom stereocenters. The van der Waals surface area contributed by atoms with Gasteiger partial charge in [0.25, 0.3) is 0 Å². The van der Waals surface area contributed by atoms with E-state index in [0.717, 1.165) is 17.0 Å². The van der Waals surface area contributed by atoms with Gasteiger partial charge in [0.05, 0.1) is 28.3 Å². The summed E-state index contributed by atoms with van der Waals surface area (Å²) >= 11 is 3.41. The maximum atomic E-state index is 9.42. The number of benzene rings is 1. The van der Waals surface area contributed by atoms with Crippen LogP contribution in [0.4, 0.5) is 5.00 Å². The van der Waals surface area contributed by atoms with E-state index in [9.17, 15) is 5.26 Å². The molecule has 0 bridgehead atoms. The van der Waals surface area contributed by atoms with Gasteiger partial charge in [0, 0.05) is 20.8 Å². The zero-order chi connectivity index (χ0) is 16.2. The second-order valence-corrected chi connectivity index (χ2v) is 7.08. The minimum Gasteiger partial charge on any atom is -0.377 e. The van der Waals surface area contributed by atoms with E-state index in [0.29, 0.717) is 11.1 Å². The van der Waals surface area contributed by atoms with Crippen LogP contribution >= 0.6 is 22.7 Å². The highest BCUT2D eigenvalue weighted by molar-refractivity contribution is 7.30. The maximum absolute atomic E-state index is 9.42. The summed E-state index contributed by atoms with van der Waals surface area (Å²) in [5.41, 5.74) is 2.03. The summed E-state index contributed by atoms with van der Waals surface area (Å²) in [6.07, 6.45) is 1.91. The Hall–Kier alpha value is -2.60. The molecule has 23 heavy (non-hydrogen) atoms. The van der Waals surface area contributed by atoms with Crippen molar-refractivity contribution < 1.29 is 0 Å². The summed E-state index contributed by atoms with van der Waals surface area (Å²) < 4.78 is 2.46. The van der Waals surface area contributed by atoms with Crippen molar-refractivity contribution in [3.05, 3.63) is 52.4 Å². The third kappa shape index (κ3) is 3.27. The van der Waals surface area contributed by atoms with E-state index in [2.05, 4.69) is 36.5 Å². The van der Waals surface area contributed by atoms with Gasteiger partial charge in [0.1, 0.15) is 0 Å². The molecule has 1 N–H and O–H groups in total. The SMILES string of the molecule is CCNc1cc2sc(/C=C(\C#N)c3ccc(C#N)cc3)cc2s1. The fraction of sp³-hybridized carbons (Fsp3) is 0.111. The number of nitrogens with zero attached hydrogens (tertiary/aromatic N) is 2. The predicted octanol–water partition coefficient (Wildman–Crippen LogP) is 5.33. The Morgan fingerprint density at radius 3 is 2.48 bits per heavy atom. The number of nitriles is 2. The Balaban J connectivity index is 1.92. The van der Waals surface area contributed by atoms with Crippen molar-refractivity contribution in [2.45, 2.75) is 6.92 Å². The molecular weight excluding hydrogens is 322 g/mol. The number of hydrogen-bond donors (Lipinski definition) is 1. The molecule has 0 fully saturated rings. The van der Waals surface area contributed by atoms with Crippen LogP contribution in [0.25, 0.3) is 21.0 Å². The molecule has 112 valence electrons. The third-order valence-electron chi connectivity index (χ3n) is 3.31. The van der Waals surface area contributed by atoms with E-state index < -0.39 is 0 Å². The molecule has 3 nitrogen and oxygen atoms in total. The Morgan fingerprint density at radius 2 is 1.87 bits per heavy atom. The van der Waals surface area contributed by atoms with Crippen LogP contribution < -0.4 is 5.32 Å². The summed E-state index contributed by atoms with van der Waals surface area (Å²) in [4.78, 5) is 1.07. The molecule has 3 rings (SSSR count). The number of thiophene rings is 2. The van der Waals surface area contributed by atoms with Gasteiger partial charge in [-0.25, -0.2) is 0 Å². The molecule has 1 aromatic carbocycles. The molecule has 2 aromatic heterocycles. The van der Waals surface area contributed by atoms with Crippen LogP contribution in [-0.2, 0) is 0 Å². The molecule has 0 aliphatic carbocycles. The van der Waals surface area contributed by atoms with Crippen molar-refractivity contribution >= 4 is 48.7 Å². The molecule has 0 aliphatic heterocycles. The molecule has 0 radical (unpaired) electrons. The molecule has 0 amide bonds. The minimum absolute atomic E-state index is 0.596. The lowest BCUT2D eigenvalue weighted by molar-refractivity contribution is 1.23. The fourth-order valence-corrected chi connectivity index (χ4v) is 4.55. The van der Waals surface area contributed by atoms with Crippen molar-refractivity contribution in [2.75, 3.05) is 11.9 Å². The first-order valence-corrected chi connectivity index (χ1v) is 8.76. The topological polar surface area (TPSA) is 59.6 Å². The smallest absolute Gasteiger partial charge is 0.0998 e. The Kier molecular flexibility index (Phi) is 4.43. The van der Waals surface area contributed by atoms with Gasteiger partial charge >= 0.3 is 0 Å². The zero-order valence-electron chi connectivity index (χ0n) is 12.5. The number of fused-ring (bicyclic) bond motifs is 1. The van der Waals surface area contributed by atoms with Crippen LogP contribution in [0.2, 0.25) is 0 Å². The van der Waals surface area contributed by atoms with Gasteiger partial charge in [-0.05, 0) is 42.8 Å². The lowest BCUT2D eigenvalue weighted by Crippen LogP contribution is -1.92. The van der Waals surface area contributed by atoms with Gasteiger partial charge in [0.15, 0.2) is 0 Å². The summed E-state index contributed by atoms with van der Waals surface area (Å²) in [6.45, 7) is 3.00. The number of hydrogen-bond acceptors (Lipinski definition) is 5. The first-order valence-electron chi connectivity index (χ1n) is 7.13. The number of anilines is 1. The molecule has 0 saturated heterocycles. The Bertz CT molecular complexity index is 915. The van der Waals surface area contributed by atoms with Gasteiger partial charge in [-0.3, -0.25) is 0 Å². The monoisotopic (exact) mass is 335 g/mol. The van der Waals surface area contributed by atoms with Crippen LogP contribution in [0.5, 0.6) is 0 Å². The van der Waals surface area contributed by atoms with Crippen LogP contribution in [0, 0.1) is 22.7 Å². The summed E-state index contributed by atoms with van der Waals surface area (Å²) in [6, 6.07) is 15.7. The summed E-state index contributed by atoms with van der Waals surface area (Å²) in [5, 5.41) is 22.8. The standard InChI is InChI=1S/C18H13N3S2/c1-2-21-18-9-17-16(23-18)8-15(22-17)7-14(11-20)13-5-3-12(10-19)4-6-13/h3-9,21H,2H2,1H3/b14-7+. The van der Waals surface area contributed by atoms with E-state index >= 15 is 0 Å². The predicted molar refractivity (Wildman–Crippen MR) is 98.5 cm³/mol. The highest BCUT2D eigenvalue weighted by Gasteiger charge is 2.07. The van der Waals surface area contributed by atoms with Crippen LogP contribution in [0.15, 0.2) is 36.4 Å². The molecule has 0 spiro atoms. The van der Waals surface area contributed by atoms with Gasteiger partial charge < -0.3 is 5.32 Å². The van der Waals surface area contributed by atoms with Crippen molar-refractivity contribution in [1.29, 1.82) is 10.5 Å². The summed E-state index contributed by atoms with van der Waals surface area (Å²) in [5.74, 6) is 0. The first-order chi connectivity index (χ1) is 11.2. The van der Waals surface area contributed by atoms with Gasteiger partial charge in [-0.2, -0.15) is 10.5 Å².